The van der Waals surface area contributed by atoms with Crippen molar-refractivity contribution in [2.24, 2.45) is 5.41 Å². The van der Waals surface area contributed by atoms with E-state index in [4.69, 9.17) is 5.11 Å². The van der Waals surface area contributed by atoms with E-state index in [9.17, 15) is 5.11 Å². The van der Waals surface area contributed by atoms with Crippen LogP contribution in [0.25, 0.3) is 0 Å². The number of phenolic OH excluding ortho intramolecular Hbond substituents is 1. The molecule has 1 rings (SSSR count). The van der Waals surface area contributed by atoms with Crippen molar-refractivity contribution in [3.05, 3.63) is 29.3 Å². The van der Waals surface area contributed by atoms with Crippen LogP contribution in [-0.4, -0.2) is 16.8 Å². The Morgan fingerprint density at radius 3 is 2.40 bits per heavy atom. The molecule has 0 aromatic heterocycles. The van der Waals surface area contributed by atoms with Gasteiger partial charge in [0.25, 0.3) is 0 Å². The number of benzene rings is 1. The number of aromatic hydroxyl groups is 1. The molecule has 0 aliphatic heterocycles. The minimum absolute atomic E-state index is 0.0759. The van der Waals surface area contributed by atoms with Gasteiger partial charge in [-0.25, -0.2) is 0 Å². The number of phenols is 1. The summed E-state index contributed by atoms with van der Waals surface area (Å²) in [7, 11) is 0. The molecule has 0 saturated heterocycles. The molecule has 15 heavy (non-hydrogen) atoms. The van der Waals surface area contributed by atoms with Crippen LogP contribution in [0.1, 0.15) is 31.9 Å². The summed E-state index contributed by atoms with van der Waals surface area (Å²) in [5, 5.41) is 18.4. The molecule has 2 heteroatoms. The van der Waals surface area contributed by atoms with Crippen LogP contribution in [0.5, 0.6) is 5.75 Å². The molecule has 0 aliphatic rings. The third-order valence-corrected chi connectivity index (χ3v) is 2.26. The maximum absolute atomic E-state index is 9.55. The lowest BCUT2D eigenvalue weighted by atomic mass is 9.87. The predicted molar refractivity (Wildman–Crippen MR) is 62.1 cm³/mol. The van der Waals surface area contributed by atoms with Gasteiger partial charge in [0.2, 0.25) is 0 Å². The molecule has 0 amide bonds. The summed E-state index contributed by atoms with van der Waals surface area (Å²) in [6, 6.07) is 5.64. The average molecular weight is 208 g/mol. The van der Waals surface area contributed by atoms with Crippen molar-refractivity contribution in [3.8, 4) is 5.75 Å². The zero-order chi connectivity index (χ0) is 11.5. The highest BCUT2D eigenvalue weighted by Gasteiger charge is 2.12. The third-order valence-electron chi connectivity index (χ3n) is 2.26. The number of hydrogen-bond donors (Lipinski definition) is 2. The quantitative estimate of drug-likeness (QED) is 0.801. The van der Waals surface area contributed by atoms with Crippen molar-refractivity contribution in [3.63, 3.8) is 0 Å². The summed E-state index contributed by atoms with van der Waals surface area (Å²) >= 11 is 0. The van der Waals surface area contributed by atoms with Gasteiger partial charge in [0.15, 0.2) is 0 Å². The fourth-order valence-electron chi connectivity index (χ4n) is 1.68. The Morgan fingerprint density at radius 1 is 1.20 bits per heavy atom. The summed E-state index contributed by atoms with van der Waals surface area (Å²) < 4.78 is 0. The average Bonchev–Trinajstić information content (AvgIpc) is 2.09. The Labute approximate surface area is 91.6 Å². The van der Waals surface area contributed by atoms with Crippen LogP contribution >= 0.6 is 0 Å². The zero-order valence-electron chi connectivity index (χ0n) is 9.75. The molecule has 1 aromatic rings. The van der Waals surface area contributed by atoms with Gasteiger partial charge >= 0.3 is 0 Å². The van der Waals surface area contributed by atoms with Crippen molar-refractivity contribution in [2.45, 2.75) is 33.6 Å². The highest BCUT2D eigenvalue weighted by Crippen LogP contribution is 2.25. The van der Waals surface area contributed by atoms with Gasteiger partial charge in [0, 0.05) is 6.61 Å². The molecule has 0 unspecified atom stereocenters. The number of aliphatic hydroxyl groups excluding tert-OH is 1. The fourth-order valence-corrected chi connectivity index (χ4v) is 1.68. The number of aliphatic hydroxyl groups is 1. The lowest BCUT2D eigenvalue weighted by Crippen LogP contribution is -2.09. The maximum atomic E-state index is 9.55. The highest BCUT2D eigenvalue weighted by atomic mass is 16.3. The van der Waals surface area contributed by atoms with Crippen LogP contribution in [0.15, 0.2) is 18.2 Å². The van der Waals surface area contributed by atoms with Gasteiger partial charge in [-0.05, 0) is 35.4 Å². The van der Waals surface area contributed by atoms with E-state index < -0.39 is 0 Å². The first-order valence-electron chi connectivity index (χ1n) is 5.34. The second-order valence-corrected chi connectivity index (χ2v) is 5.17. The van der Waals surface area contributed by atoms with E-state index in [0.717, 1.165) is 12.0 Å². The lowest BCUT2D eigenvalue weighted by Gasteiger charge is -2.18. The third kappa shape index (κ3) is 3.92. The first-order valence-corrected chi connectivity index (χ1v) is 5.34. The molecule has 2 nitrogen and oxygen atoms in total. The smallest absolute Gasteiger partial charge is 0.118 e. The van der Waals surface area contributed by atoms with Gasteiger partial charge < -0.3 is 10.2 Å². The van der Waals surface area contributed by atoms with E-state index >= 15 is 0 Å². The molecule has 2 N–H and O–H groups in total. The van der Waals surface area contributed by atoms with Crippen molar-refractivity contribution < 1.29 is 10.2 Å². The van der Waals surface area contributed by atoms with E-state index in [2.05, 4.69) is 20.8 Å². The van der Waals surface area contributed by atoms with Gasteiger partial charge in [0.1, 0.15) is 5.75 Å². The topological polar surface area (TPSA) is 40.5 Å². The van der Waals surface area contributed by atoms with Gasteiger partial charge in [-0.3, -0.25) is 0 Å². The summed E-state index contributed by atoms with van der Waals surface area (Å²) in [5.41, 5.74) is 2.29. The normalized spacial score (nSPS) is 11.7. The Morgan fingerprint density at radius 2 is 1.87 bits per heavy atom. The van der Waals surface area contributed by atoms with E-state index in [1.54, 1.807) is 6.07 Å². The van der Waals surface area contributed by atoms with Crippen molar-refractivity contribution in [1.29, 1.82) is 0 Å². The van der Waals surface area contributed by atoms with Crippen LogP contribution < -0.4 is 0 Å². The summed E-state index contributed by atoms with van der Waals surface area (Å²) in [6.45, 7) is 6.63. The molecular formula is C13H20O2. The second kappa shape index (κ2) is 4.67. The Hall–Kier alpha value is -1.02. The molecule has 0 aliphatic carbocycles. The van der Waals surface area contributed by atoms with Crippen LogP contribution in [0.3, 0.4) is 0 Å². The molecule has 0 fully saturated rings. The largest absolute Gasteiger partial charge is 0.508 e. The molecular weight excluding hydrogens is 188 g/mol. The first-order chi connectivity index (χ1) is 6.92. The van der Waals surface area contributed by atoms with Gasteiger partial charge in [-0.15, -0.1) is 0 Å². The van der Waals surface area contributed by atoms with E-state index in [0.29, 0.717) is 6.42 Å². The fraction of sp³-hybridized carbons (Fsp3) is 0.538. The molecule has 0 atom stereocenters. The van der Waals surface area contributed by atoms with E-state index in [1.807, 2.05) is 12.1 Å². The van der Waals surface area contributed by atoms with Gasteiger partial charge in [0.05, 0.1) is 0 Å². The Kier molecular flexibility index (Phi) is 3.75. The van der Waals surface area contributed by atoms with Crippen LogP contribution in [-0.2, 0) is 12.8 Å². The lowest BCUT2D eigenvalue weighted by molar-refractivity contribution is 0.297. The number of hydrogen-bond acceptors (Lipinski definition) is 2. The molecule has 1 aromatic carbocycles. The maximum Gasteiger partial charge on any atom is 0.118 e. The molecule has 0 heterocycles. The summed E-state index contributed by atoms with van der Waals surface area (Å²) in [6.07, 6.45) is 1.50. The molecule has 0 radical (unpaired) electrons. The molecule has 84 valence electrons. The highest BCUT2D eigenvalue weighted by molar-refractivity contribution is 5.36. The minimum Gasteiger partial charge on any atom is -0.508 e. The minimum atomic E-state index is 0.0759. The Balaban J connectivity index is 2.87. The zero-order valence-corrected chi connectivity index (χ0v) is 9.75. The van der Waals surface area contributed by atoms with Crippen molar-refractivity contribution in [1.82, 2.24) is 0 Å². The molecule has 0 saturated carbocycles. The number of rotatable bonds is 3. The van der Waals surface area contributed by atoms with Gasteiger partial charge in [-0.1, -0.05) is 32.9 Å². The first kappa shape index (κ1) is 12.1. The van der Waals surface area contributed by atoms with Crippen molar-refractivity contribution >= 4 is 0 Å². The predicted octanol–water partition coefficient (Wildman–Crippen LogP) is 2.52. The summed E-state index contributed by atoms with van der Waals surface area (Å²) in [5.74, 6) is 0.279. The molecule has 0 spiro atoms. The monoisotopic (exact) mass is 208 g/mol. The summed E-state index contributed by atoms with van der Waals surface area (Å²) in [4.78, 5) is 0. The van der Waals surface area contributed by atoms with Crippen molar-refractivity contribution in [2.75, 3.05) is 6.61 Å². The van der Waals surface area contributed by atoms with Crippen LogP contribution in [0.2, 0.25) is 0 Å². The van der Waals surface area contributed by atoms with E-state index in [-0.39, 0.29) is 17.8 Å². The molecule has 0 bridgehead atoms. The van der Waals surface area contributed by atoms with Gasteiger partial charge in [-0.2, -0.15) is 0 Å². The second-order valence-electron chi connectivity index (χ2n) is 5.17. The SMILES string of the molecule is CC(C)(C)Cc1ccc(O)c(CCO)c1. The van der Waals surface area contributed by atoms with Crippen LogP contribution in [0.4, 0.5) is 0 Å². The van der Waals surface area contributed by atoms with Crippen LogP contribution in [0, 0.1) is 5.41 Å². The Bertz CT molecular complexity index is 324. The van der Waals surface area contributed by atoms with E-state index in [1.165, 1.54) is 5.56 Å². The standard InChI is InChI=1S/C13H20O2/c1-13(2,3)9-10-4-5-12(15)11(8-10)6-7-14/h4-5,8,14-15H,6-7,9H2,1-3H3.